The summed E-state index contributed by atoms with van der Waals surface area (Å²) in [4.78, 5) is 14.9. The highest BCUT2D eigenvalue weighted by Gasteiger charge is 2.22. The van der Waals surface area contributed by atoms with Crippen LogP contribution in [0.15, 0.2) is 12.1 Å². The summed E-state index contributed by atoms with van der Waals surface area (Å²) in [5, 5.41) is 13.0. The number of ketones is 1. The van der Waals surface area contributed by atoms with Crippen molar-refractivity contribution in [1.29, 1.82) is 0 Å². The minimum Gasteiger partial charge on any atom is -0.508 e. The van der Waals surface area contributed by atoms with E-state index in [-0.39, 0.29) is 17.5 Å². The normalized spacial score (nSPS) is 17.9. The molecule has 1 saturated heterocycles. The van der Waals surface area contributed by atoms with Crippen LogP contribution in [0.3, 0.4) is 0 Å². The van der Waals surface area contributed by atoms with E-state index in [0.29, 0.717) is 0 Å². The van der Waals surface area contributed by atoms with Crippen molar-refractivity contribution >= 4 is 5.78 Å². The average Bonchev–Trinajstić information content (AvgIpc) is 2.45. The molecule has 1 aromatic carbocycles. The fraction of sp³-hybridized carbons (Fsp3) is 0.562. The highest BCUT2D eigenvalue weighted by molar-refractivity contribution is 5.99. The first-order valence-corrected chi connectivity index (χ1v) is 7.27. The summed E-state index contributed by atoms with van der Waals surface area (Å²) in [6.07, 6.45) is 0. The Bertz CT molecular complexity index is 493. The Morgan fingerprint density at radius 3 is 2.60 bits per heavy atom. The number of hydrogen-bond acceptors (Lipinski definition) is 4. The number of phenolic OH excluding ortho intramolecular Hbond substituents is 1. The van der Waals surface area contributed by atoms with Crippen molar-refractivity contribution < 1.29 is 9.90 Å². The van der Waals surface area contributed by atoms with Crippen molar-refractivity contribution in [3.63, 3.8) is 0 Å². The van der Waals surface area contributed by atoms with Gasteiger partial charge in [0.25, 0.3) is 0 Å². The zero-order chi connectivity index (χ0) is 14.7. The summed E-state index contributed by atoms with van der Waals surface area (Å²) in [7, 11) is 0. The Balaban J connectivity index is 2.08. The van der Waals surface area contributed by atoms with Gasteiger partial charge < -0.3 is 15.3 Å². The second-order valence-electron chi connectivity index (χ2n) is 5.70. The van der Waals surface area contributed by atoms with Gasteiger partial charge >= 0.3 is 0 Å². The molecular weight excluding hydrogens is 252 g/mol. The molecule has 1 aliphatic rings. The van der Waals surface area contributed by atoms with E-state index in [4.69, 9.17) is 0 Å². The van der Waals surface area contributed by atoms with Crippen LogP contribution in [0.4, 0.5) is 0 Å². The zero-order valence-corrected chi connectivity index (χ0v) is 12.6. The number of Topliss-reactive ketones (excluding diaryl/α,β-unsaturated/α-hetero) is 1. The monoisotopic (exact) mass is 276 g/mol. The number of phenols is 1. The molecule has 1 aliphatic heterocycles. The topological polar surface area (TPSA) is 52.6 Å². The standard InChI is InChI=1S/C16H24N2O2/c1-11(10-18-8-6-17-7-9-18)16(20)14-4-5-15(19)13(3)12(14)2/h4-5,11,17,19H,6-10H2,1-3H3. The molecule has 4 heteroatoms. The van der Waals surface area contributed by atoms with E-state index in [1.54, 1.807) is 12.1 Å². The van der Waals surface area contributed by atoms with Crippen molar-refractivity contribution in [3.8, 4) is 5.75 Å². The van der Waals surface area contributed by atoms with Crippen LogP contribution in [-0.4, -0.2) is 48.5 Å². The van der Waals surface area contributed by atoms with Gasteiger partial charge in [-0.25, -0.2) is 0 Å². The van der Waals surface area contributed by atoms with Gasteiger partial charge in [0.1, 0.15) is 5.75 Å². The first-order chi connectivity index (χ1) is 9.50. The molecule has 4 nitrogen and oxygen atoms in total. The Labute approximate surface area is 120 Å². The molecule has 0 radical (unpaired) electrons. The molecule has 1 aromatic rings. The molecule has 1 heterocycles. The number of carbonyl (C=O) groups excluding carboxylic acids is 1. The second kappa shape index (κ2) is 6.37. The summed E-state index contributed by atoms with van der Waals surface area (Å²) in [5.41, 5.74) is 2.43. The number of nitrogens with one attached hydrogen (secondary N) is 1. The lowest BCUT2D eigenvalue weighted by molar-refractivity contribution is 0.0886. The largest absolute Gasteiger partial charge is 0.508 e. The molecule has 0 amide bonds. The minimum absolute atomic E-state index is 0.0178. The predicted octanol–water partition coefficient (Wildman–Crippen LogP) is 1.73. The van der Waals surface area contributed by atoms with E-state index in [9.17, 15) is 9.90 Å². The summed E-state index contributed by atoms with van der Waals surface area (Å²) >= 11 is 0. The Morgan fingerprint density at radius 2 is 1.95 bits per heavy atom. The minimum atomic E-state index is -0.0178. The van der Waals surface area contributed by atoms with Gasteiger partial charge in [-0.15, -0.1) is 0 Å². The molecule has 20 heavy (non-hydrogen) atoms. The molecule has 0 saturated carbocycles. The number of rotatable bonds is 4. The number of aromatic hydroxyl groups is 1. The first-order valence-electron chi connectivity index (χ1n) is 7.27. The van der Waals surface area contributed by atoms with Gasteiger partial charge in [0.2, 0.25) is 0 Å². The van der Waals surface area contributed by atoms with Crippen LogP contribution in [0.1, 0.15) is 28.4 Å². The fourth-order valence-electron chi connectivity index (χ4n) is 2.70. The number of carbonyl (C=O) groups is 1. The lowest BCUT2D eigenvalue weighted by Crippen LogP contribution is -2.45. The zero-order valence-electron chi connectivity index (χ0n) is 12.6. The van der Waals surface area contributed by atoms with Crippen molar-refractivity contribution in [3.05, 3.63) is 28.8 Å². The molecule has 0 bridgehead atoms. The van der Waals surface area contributed by atoms with Gasteiger partial charge in [-0.2, -0.15) is 0 Å². The summed E-state index contributed by atoms with van der Waals surface area (Å²) in [6, 6.07) is 3.36. The molecule has 0 spiro atoms. The SMILES string of the molecule is Cc1c(O)ccc(C(=O)C(C)CN2CCNCC2)c1C. The van der Waals surface area contributed by atoms with Gasteiger partial charge in [0.15, 0.2) is 5.78 Å². The molecule has 2 rings (SSSR count). The summed E-state index contributed by atoms with van der Waals surface area (Å²) < 4.78 is 0. The van der Waals surface area contributed by atoms with Crippen molar-refractivity contribution in [2.75, 3.05) is 32.7 Å². The van der Waals surface area contributed by atoms with Crippen LogP contribution in [0, 0.1) is 19.8 Å². The molecular formula is C16H24N2O2. The molecule has 0 aliphatic carbocycles. The molecule has 1 unspecified atom stereocenters. The van der Waals surface area contributed by atoms with Crippen LogP contribution in [-0.2, 0) is 0 Å². The van der Waals surface area contributed by atoms with E-state index in [1.807, 2.05) is 20.8 Å². The second-order valence-corrected chi connectivity index (χ2v) is 5.70. The molecule has 2 N–H and O–H groups in total. The van der Waals surface area contributed by atoms with E-state index in [1.165, 1.54) is 0 Å². The van der Waals surface area contributed by atoms with Gasteiger partial charge in [-0.1, -0.05) is 6.92 Å². The maximum absolute atomic E-state index is 12.6. The predicted molar refractivity (Wildman–Crippen MR) is 80.4 cm³/mol. The highest BCUT2D eigenvalue weighted by atomic mass is 16.3. The summed E-state index contributed by atoms with van der Waals surface area (Å²) in [6.45, 7) is 10.6. The molecule has 0 aromatic heterocycles. The fourth-order valence-corrected chi connectivity index (χ4v) is 2.70. The quantitative estimate of drug-likeness (QED) is 0.822. The molecule has 110 valence electrons. The third-order valence-electron chi connectivity index (χ3n) is 4.21. The average molecular weight is 276 g/mol. The van der Waals surface area contributed by atoms with Crippen LogP contribution >= 0.6 is 0 Å². The van der Waals surface area contributed by atoms with Gasteiger partial charge in [0, 0.05) is 44.2 Å². The van der Waals surface area contributed by atoms with E-state index < -0.39 is 0 Å². The number of benzene rings is 1. The van der Waals surface area contributed by atoms with Crippen LogP contribution in [0.25, 0.3) is 0 Å². The van der Waals surface area contributed by atoms with E-state index >= 15 is 0 Å². The van der Waals surface area contributed by atoms with Crippen molar-refractivity contribution in [2.45, 2.75) is 20.8 Å². The van der Waals surface area contributed by atoms with Gasteiger partial charge in [-0.05, 0) is 37.1 Å². The van der Waals surface area contributed by atoms with E-state index in [2.05, 4.69) is 10.2 Å². The molecule has 1 atom stereocenters. The lowest BCUT2D eigenvalue weighted by Gasteiger charge is -2.29. The number of hydrogen-bond donors (Lipinski definition) is 2. The van der Waals surface area contributed by atoms with Crippen molar-refractivity contribution in [1.82, 2.24) is 10.2 Å². The maximum Gasteiger partial charge on any atom is 0.167 e. The third-order valence-corrected chi connectivity index (χ3v) is 4.21. The number of piperazine rings is 1. The van der Waals surface area contributed by atoms with Gasteiger partial charge in [0.05, 0.1) is 0 Å². The lowest BCUT2D eigenvalue weighted by atomic mass is 9.92. The van der Waals surface area contributed by atoms with Crippen molar-refractivity contribution in [2.24, 2.45) is 5.92 Å². The van der Waals surface area contributed by atoms with Crippen LogP contribution in [0.2, 0.25) is 0 Å². The highest BCUT2D eigenvalue weighted by Crippen LogP contribution is 2.24. The van der Waals surface area contributed by atoms with Crippen LogP contribution < -0.4 is 5.32 Å². The smallest absolute Gasteiger partial charge is 0.167 e. The first kappa shape index (κ1) is 15.0. The van der Waals surface area contributed by atoms with E-state index in [0.717, 1.165) is 49.4 Å². The molecule has 1 fully saturated rings. The third kappa shape index (κ3) is 3.19. The Hall–Kier alpha value is -1.39. The Kier molecular flexibility index (Phi) is 4.78. The van der Waals surface area contributed by atoms with Gasteiger partial charge in [-0.3, -0.25) is 4.79 Å². The van der Waals surface area contributed by atoms with Crippen LogP contribution in [0.5, 0.6) is 5.75 Å². The Morgan fingerprint density at radius 1 is 1.30 bits per heavy atom. The summed E-state index contributed by atoms with van der Waals surface area (Å²) in [5.74, 6) is 0.411. The maximum atomic E-state index is 12.6. The number of nitrogens with zero attached hydrogens (tertiary/aromatic N) is 1.